The topological polar surface area (TPSA) is 16.4 Å². The average molecular weight is 814 g/mol. The highest BCUT2D eigenvalue weighted by molar-refractivity contribution is 6.10. The molecule has 0 saturated heterocycles. The number of nitrogens with zero attached hydrogens (tertiary/aromatic N) is 1. The molecule has 0 N–H and O–H groups in total. The minimum atomic E-state index is -0.717. The van der Waals surface area contributed by atoms with Crippen molar-refractivity contribution in [2.75, 3.05) is 4.90 Å². The summed E-state index contributed by atoms with van der Waals surface area (Å²) in [6.45, 7) is 9.03. The smallest absolute Gasteiger partial charge is 0.159 e. The molecule has 2 aliphatic carbocycles. The Kier molecular flexibility index (Phi) is 8.14. The van der Waals surface area contributed by atoms with Gasteiger partial charge in [0.25, 0.3) is 0 Å². The van der Waals surface area contributed by atoms with E-state index in [-0.39, 0.29) is 11.2 Å². The fourth-order valence-electron chi connectivity index (χ4n) is 10.8. The average Bonchev–Trinajstić information content (AvgIpc) is 3.94. The molecule has 302 valence electrons. The summed E-state index contributed by atoms with van der Waals surface area (Å²) < 4.78 is 22.5. The molecule has 1 heterocycles. The molecule has 1 atom stereocenters. The molecule has 12 rings (SSSR count). The van der Waals surface area contributed by atoms with E-state index in [1.54, 1.807) is 12.1 Å². The number of rotatable bonds is 5. The molecule has 0 aliphatic heterocycles. The number of fused-ring (bicyclic) bond motifs is 13. The number of aryl methyl sites for hydroxylation is 1. The molecule has 0 saturated carbocycles. The van der Waals surface area contributed by atoms with Crippen molar-refractivity contribution in [1.29, 1.82) is 0 Å². The van der Waals surface area contributed by atoms with Crippen LogP contribution >= 0.6 is 0 Å². The molecule has 1 unspecified atom stereocenters. The first-order valence-corrected chi connectivity index (χ1v) is 21.9. The van der Waals surface area contributed by atoms with Gasteiger partial charge in [0.2, 0.25) is 0 Å². The third-order valence-corrected chi connectivity index (χ3v) is 13.6. The van der Waals surface area contributed by atoms with Gasteiger partial charge in [-0.15, -0.1) is 0 Å². The Hall–Kier alpha value is -7.49. The molecular formula is C60H44FNO. The third-order valence-electron chi connectivity index (χ3n) is 13.6. The number of anilines is 3. The maximum Gasteiger partial charge on any atom is 0.159 e. The quantitative estimate of drug-likeness (QED) is 0.172. The van der Waals surface area contributed by atoms with Gasteiger partial charge in [-0.1, -0.05) is 166 Å². The number of halogens is 1. The van der Waals surface area contributed by atoms with Crippen LogP contribution in [0.1, 0.15) is 54.2 Å². The molecule has 0 radical (unpaired) electrons. The lowest BCUT2D eigenvalue weighted by Gasteiger charge is -2.33. The zero-order valence-electron chi connectivity index (χ0n) is 35.7. The highest BCUT2D eigenvalue weighted by Crippen LogP contribution is 2.65. The number of furan rings is 1. The van der Waals surface area contributed by atoms with Crippen molar-refractivity contribution in [1.82, 2.24) is 0 Å². The van der Waals surface area contributed by atoms with E-state index < -0.39 is 5.41 Å². The van der Waals surface area contributed by atoms with Crippen molar-refractivity contribution in [3.05, 3.63) is 233 Å². The Labute approximate surface area is 367 Å². The van der Waals surface area contributed by atoms with Crippen LogP contribution in [0.5, 0.6) is 0 Å². The van der Waals surface area contributed by atoms with Gasteiger partial charge in [0.05, 0.1) is 11.1 Å². The van der Waals surface area contributed by atoms with Crippen LogP contribution in [-0.2, 0) is 10.8 Å². The van der Waals surface area contributed by atoms with Crippen LogP contribution in [0.4, 0.5) is 21.5 Å². The van der Waals surface area contributed by atoms with Crippen molar-refractivity contribution < 1.29 is 8.81 Å². The second-order valence-electron chi connectivity index (χ2n) is 18.2. The molecule has 0 fully saturated rings. The lowest BCUT2D eigenvalue weighted by atomic mass is 9.67. The van der Waals surface area contributed by atoms with Gasteiger partial charge >= 0.3 is 0 Å². The standard InChI is InChI=1S/C60H44FNO/c1-37-34-43(62(42-28-24-39(25-29-42)38-14-6-5-7-15-38)55-22-13-20-51-48-17-9-11-23-56(48)63-58(51)55)30-33-44(37)49-18-12-19-50-45-16-8-10-21-52(45)60(57(49)50)53-35-40(59(2,3)4)26-31-46(53)47-32-27-41(61)36-54(47)60/h5-36H,1-4H3. The zero-order valence-corrected chi connectivity index (χ0v) is 35.7. The van der Waals surface area contributed by atoms with Gasteiger partial charge < -0.3 is 9.32 Å². The van der Waals surface area contributed by atoms with E-state index in [1.165, 1.54) is 38.9 Å². The van der Waals surface area contributed by atoms with Crippen molar-refractivity contribution in [2.24, 2.45) is 0 Å². The zero-order chi connectivity index (χ0) is 42.6. The summed E-state index contributed by atoms with van der Waals surface area (Å²) in [6, 6.07) is 68.7. The summed E-state index contributed by atoms with van der Waals surface area (Å²) in [5.74, 6) is -0.225. The van der Waals surface area contributed by atoms with Crippen molar-refractivity contribution in [2.45, 2.75) is 38.5 Å². The monoisotopic (exact) mass is 813 g/mol. The first-order valence-electron chi connectivity index (χ1n) is 21.9. The Morgan fingerprint density at radius 3 is 1.87 bits per heavy atom. The Morgan fingerprint density at radius 2 is 1.08 bits per heavy atom. The van der Waals surface area contributed by atoms with Gasteiger partial charge in [-0.2, -0.15) is 0 Å². The maximum absolute atomic E-state index is 15.8. The lowest BCUT2D eigenvalue weighted by Crippen LogP contribution is -2.27. The van der Waals surface area contributed by atoms with E-state index in [9.17, 15) is 0 Å². The van der Waals surface area contributed by atoms with E-state index in [4.69, 9.17) is 4.42 Å². The summed E-state index contributed by atoms with van der Waals surface area (Å²) in [7, 11) is 0. The molecular weight excluding hydrogens is 770 g/mol. The fraction of sp³-hybridized carbons (Fsp3) is 0.100. The second kappa shape index (κ2) is 13.8. The van der Waals surface area contributed by atoms with Crippen LogP contribution in [0.15, 0.2) is 199 Å². The van der Waals surface area contributed by atoms with Crippen LogP contribution in [0, 0.1) is 12.7 Å². The Balaban J connectivity index is 1.08. The van der Waals surface area contributed by atoms with E-state index >= 15 is 4.39 Å². The van der Waals surface area contributed by atoms with Gasteiger partial charge in [0.15, 0.2) is 5.58 Å². The Bertz CT molecular complexity index is 3460. The van der Waals surface area contributed by atoms with Gasteiger partial charge in [0.1, 0.15) is 11.4 Å². The summed E-state index contributed by atoms with van der Waals surface area (Å²) in [4.78, 5) is 2.32. The van der Waals surface area contributed by atoms with Gasteiger partial charge in [0, 0.05) is 22.1 Å². The van der Waals surface area contributed by atoms with Crippen LogP contribution in [0.25, 0.3) is 66.4 Å². The molecule has 0 bridgehead atoms. The minimum Gasteiger partial charge on any atom is -0.454 e. The molecule has 9 aromatic carbocycles. The summed E-state index contributed by atoms with van der Waals surface area (Å²) in [6.07, 6.45) is 0. The summed E-state index contributed by atoms with van der Waals surface area (Å²) >= 11 is 0. The van der Waals surface area contributed by atoms with Crippen LogP contribution < -0.4 is 4.90 Å². The van der Waals surface area contributed by atoms with E-state index in [1.807, 2.05) is 18.2 Å². The Morgan fingerprint density at radius 1 is 0.476 bits per heavy atom. The molecule has 3 heteroatoms. The highest BCUT2D eigenvalue weighted by atomic mass is 19.1. The number of benzene rings is 9. The number of hydrogen-bond donors (Lipinski definition) is 0. The molecule has 10 aromatic rings. The normalized spacial score (nSPS) is 14.8. The van der Waals surface area contributed by atoms with E-state index in [0.717, 1.165) is 77.9 Å². The molecule has 1 spiro atoms. The van der Waals surface area contributed by atoms with Crippen molar-refractivity contribution in [3.8, 4) is 44.5 Å². The fourth-order valence-corrected chi connectivity index (χ4v) is 10.8. The van der Waals surface area contributed by atoms with E-state index in [0.29, 0.717) is 0 Å². The first-order chi connectivity index (χ1) is 30.7. The predicted octanol–water partition coefficient (Wildman–Crippen LogP) is 16.5. The highest BCUT2D eigenvalue weighted by Gasteiger charge is 2.53. The van der Waals surface area contributed by atoms with Gasteiger partial charge in [-0.3, -0.25) is 0 Å². The van der Waals surface area contributed by atoms with E-state index in [2.05, 4.69) is 196 Å². The largest absolute Gasteiger partial charge is 0.454 e. The van der Waals surface area contributed by atoms with Crippen LogP contribution in [-0.4, -0.2) is 0 Å². The summed E-state index contributed by atoms with van der Waals surface area (Å²) in [5.41, 5.74) is 20.2. The van der Waals surface area contributed by atoms with Crippen LogP contribution in [0.3, 0.4) is 0 Å². The molecule has 63 heavy (non-hydrogen) atoms. The second-order valence-corrected chi connectivity index (χ2v) is 18.2. The molecule has 2 nitrogen and oxygen atoms in total. The van der Waals surface area contributed by atoms with Crippen molar-refractivity contribution in [3.63, 3.8) is 0 Å². The molecule has 2 aliphatic rings. The number of hydrogen-bond acceptors (Lipinski definition) is 2. The predicted molar refractivity (Wildman–Crippen MR) is 259 cm³/mol. The summed E-state index contributed by atoms with van der Waals surface area (Å²) in [5, 5.41) is 2.17. The van der Waals surface area contributed by atoms with Gasteiger partial charge in [-0.25, -0.2) is 4.39 Å². The lowest BCUT2D eigenvalue weighted by molar-refractivity contribution is 0.588. The maximum atomic E-state index is 15.8. The number of para-hydroxylation sites is 2. The first kappa shape index (κ1) is 37.3. The van der Waals surface area contributed by atoms with Crippen molar-refractivity contribution >= 4 is 39.0 Å². The van der Waals surface area contributed by atoms with Gasteiger partial charge in [-0.05, 0) is 139 Å². The molecule has 0 amide bonds. The third kappa shape index (κ3) is 5.49. The van der Waals surface area contributed by atoms with Crippen LogP contribution in [0.2, 0.25) is 0 Å². The molecule has 1 aromatic heterocycles. The minimum absolute atomic E-state index is 0.0798. The SMILES string of the molecule is Cc1cc(N(c2ccc(-c3ccccc3)cc2)c2cccc3c2oc2ccccc23)ccc1-c1cccc2c1C1(c3cc(F)ccc3-c3ccc(C(C)(C)C)cc31)c1ccccc1-2.